The molecule has 0 fully saturated rings. The highest BCUT2D eigenvalue weighted by atomic mass is 19.1. The van der Waals surface area contributed by atoms with Gasteiger partial charge >= 0.3 is 0 Å². The van der Waals surface area contributed by atoms with Crippen molar-refractivity contribution in [1.82, 2.24) is 0 Å². The molecular weight excluding hydrogens is 539 g/mol. The molecule has 3 heteroatoms. The first-order valence-electron chi connectivity index (χ1n) is 15.8. The topological polar surface area (TPSA) is 7.76 Å². The van der Waals surface area contributed by atoms with Crippen LogP contribution in [0.3, 0.4) is 0 Å². The number of halogens is 1. The van der Waals surface area contributed by atoms with Crippen LogP contribution in [0, 0.1) is 12.7 Å². The van der Waals surface area contributed by atoms with Crippen LogP contribution >= 0.6 is 0 Å². The molecule has 2 unspecified atom stereocenters. The zero-order chi connectivity index (χ0) is 29.9. The van der Waals surface area contributed by atoms with Gasteiger partial charge in [-0.3, -0.25) is 0 Å². The zero-order valence-corrected chi connectivity index (χ0v) is 25.5. The van der Waals surface area contributed by atoms with E-state index < -0.39 is 5.41 Å². The SMILES string of the molecule is C=C1CC2C(CCc3ccc(C)cc3-c3c4ccccc4cc[n+]31)c1ccc(F)c3c1-c1c4c(cccc4cc[n+]12)C3(C)C. The maximum Gasteiger partial charge on any atom is 0.226 e. The van der Waals surface area contributed by atoms with E-state index in [4.69, 9.17) is 6.58 Å². The summed E-state index contributed by atoms with van der Waals surface area (Å²) in [5.74, 6) is 0.112. The van der Waals surface area contributed by atoms with Gasteiger partial charge in [-0.05, 0) is 72.0 Å². The lowest BCUT2D eigenvalue weighted by molar-refractivity contribution is -0.719. The van der Waals surface area contributed by atoms with Crippen LogP contribution in [0.15, 0.2) is 104 Å². The van der Waals surface area contributed by atoms with E-state index in [1.807, 2.05) is 0 Å². The number of fused-ring (bicyclic) bond motifs is 8. The smallest absolute Gasteiger partial charge is 0.207 e. The third kappa shape index (κ3) is 3.36. The first kappa shape index (κ1) is 25.8. The Morgan fingerprint density at radius 1 is 0.864 bits per heavy atom. The van der Waals surface area contributed by atoms with Crippen LogP contribution in [0.4, 0.5) is 4.39 Å². The fraction of sp³-hybridized carbons (Fsp3) is 0.220. The van der Waals surface area contributed by atoms with Crippen molar-refractivity contribution in [3.05, 3.63) is 138 Å². The number of hydrogen-bond donors (Lipinski definition) is 0. The maximum absolute atomic E-state index is 16.0. The summed E-state index contributed by atoms with van der Waals surface area (Å²) in [7, 11) is 0. The van der Waals surface area contributed by atoms with Gasteiger partial charge in [0.25, 0.3) is 0 Å². The molecule has 4 aromatic carbocycles. The Labute approximate surface area is 257 Å². The summed E-state index contributed by atoms with van der Waals surface area (Å²) in [5, 5.41) is 4.96. The summed E-state index contributed by atoms with van der Waals surface area (Å²) >= 11 is 0. The molecule has 3 aliphatic rings. The minimum Gasteiger partial charge on any atom is -0.207 e. The highest BCUT2D eigenvalue weighted by Gasteiger charge is 2.49. The van der Waals surface area contributed by atoms with Gasteiger partial charge in [0.2, 0.25) is 11.4 Å². The normalized spacial score (nSPS) is 19.3. The summed E-state index contributed by atoms with van der Waals surface area (Å²) in [6.07, 6.45) is 7.18. The number of hydrogen-bond acceptors (Lipinski definition) is 0. The lowest BCUT2D eigenvalue weighted by Crippen LogP contribution is -2.51. The predicted molar refractivity (Wildman–Crippen MR) is 176 cm³/mol. The van der Waals surface area contributed by atoms with E-state index in [9.17, 15) is 0 Å². The van der Waals surface area contributed by atoms with Gasteiger partial charge in [0.05, 0.1) is 28.3 Å². The van der Waals surface area contributed by atoms with Crippen molar-refractivity contribution >= 4 is 27.2 Å². The average Bonchev–Trinajstić information content (AvgIpc) is 3.02. The maximum atomic E-state index is 16.0. The summed E-state index contributed by atoms with van der Waals surface area (Å²) in [6, 6.07) is 30.6. The summed E-state index contributed by atoms with van der Waals surface area (Å²) in [4.78, 5) is 0. The minimum atomic E-state index is -0.437. The Morgan fingerprint density at radius 2 is 1.68 bits per heavy atom. The monoisotopic (exact) mass is 574 g/mol. The summed E-state index contributed by atoms with van der Waals surface area (Å²) in [6.45, 7) is 11.3. The highest BCUT2D eigenvalue weighted by molar-refractivity contribution is 6.01. The Hall–Kier alpha value is -4.63. The first-order valence-corrected chi connectivity index (χ1v) is 15.8. The molecule has 2 aliphatic heterocycles. The molecule has 2 nitrogen and oxygen atoms in total. The van der Waals surface area contributed by atoms with Gasteiger partial charge in [-0.2, -0.15) is 9.13 Å². The molecule has 0 amide bonds. The molecule has 0 saturated heterocycles. The molecule has 0 saturated carbocycles. The van der Waals surface area contributed by atoms with Crippen LogP contribution < -0.4 is 9.13 Å². The molecule has 0 spiro atoms. The van der Waals surface area contributed by atoms with E-state index in [1.165, 1.54) is 60.8 Å². The number of aryl methyl sites for hydroxylation is 2. The largest absolute Gasteiger partial charge is 0.226 e. The Bertz CT molecular complexity index is 2240. The third-order valence-electron chi connectivity index (χ3n) is 10.8. The van der Waals surface area contributed by atoms with Crippen molar-refractivity contribution in [2.24, 2.45) is 0 Å². The van der Waals surface area contributed by atoms with Crippen LogP contribution in [0.2, 0.25) is 0 Å². The molecule has 1 aliphatic carbocycles. The quantitative estimate of drug-likeness (QED) is 0.160. The van der Waals surface area contributed by atoms with Crippen molar-refractivity contribution < 1.29 is 13.5 Å². The second-order valence-corrected chi connectivity index (χ2v) is 13.6. The van der Waals surface area contributed by atoms with Crippen molar-refractivity contribution in [2.75, 3.05) is 0 Å². The number of nitrogens with zero attached hydrogens (tertiary/aromatic N) is 2. The molecule has 0 N–H and O–H groups in total. The van der Waals surface area contributed by atoms with Gasteiger partial charge in [0, 0.05) is 29.0 Å². The van der Waals surface area contributed by atoms with Gasteiger partial charge in [0.15, 0.2) is 24.1 Å². The second-order valence-electron chi connectivity index (χ2n) is 13.6. The van der Waals surface area contributed by atoms with Crippen molar-refractivity contribution in [3.63, 3.8) is 0 Å². The standard InChI is InChI=1S/C41H35FN2/c1-24-12-13-27-14-15-30-31-16-17-34(42)38-37(31)40-36-28(9-7-11-33(36)41(38,3)4)19-21-44(40)35(30)23-25(2)43-20-18-26-8-5-6-10-29(26)39(43)32(27)22-24/h5-13,16-22,30,35H,2,14-15,23H2,1,3-4H3/q+2. The lowest BCUT2D eigenvalue weighted by Gasteiger charge is -2.40. The number of rotatable bonds is 0. The molecule has 44 heavy (non-hydrogen) atoms. The minimum absolute atomic E-state index is 0.105. The van der Waals surface area contributed by atoms with Crippen LogP contribution in [-0.2, 0) is 11.8 Å². The first-order chi connectivity index (χ1) is 21.3. The molecular formula is C41H35FN2+2. The zero-order valence-electron chi connectivity index (χ0n) is 25.5. The molecule has 9 rings (SSSR count). The molecule has 2 atom stereocenters. The van der Waals surface area contributed by atoms with Crippen molar-refractivity contribution in [3.8, 4) is 22.5 Å². The summed E-state index contributed by atoms with van der Waals surface area (Å²) < 4.78 is 20.9. The molecule has 6 aromatic rings. The van der Waals surface area contributed by atoms with Gasteiger partial charge in [-0.1, -0.05) is 74.0 Å². The fourth-order valence-electron chi connectivity index (χ4n) is 8.82. The van der Waals surface area contributed by atoms with Crippen molar-refractivity contribution in [1.29, 1.82) is 0 Å². The fourth-order valence-corrected chi connectivity index (χ4v) is 8.82. The van der Waals surface area contributed by atoms with Crippen LogP contribution in [0.5, 0.6) is 0 Å². The molecule has 0 bridgehead atoms. The number of aromatic nitrogens is 2. The summed E-state index contributed by atoms with van der Waals surface area (Å²) in [5.41, 5.74) is 11.4. The third-order valence-corrected chi connectivity index (χ3v) is 10.8. The Kier molecular flexibility index (Phi) is 5.26. The van der Waals surface area contributed by atoms with E-state index >= 15 is 4.39 Å². The highest BCUT2D eigenvalue weighted by Crippen LogP contribution is 2.55. The van der Waals surface area contributed by atoms with Gasteiger partial charge in [0.1, 0.15) is 5.82 Å². The van der Waals surface area contributed by atoms with Gasteiger partial charge in [-0.25, -0.2) is 4.39 Å². The van der Waals surface area contributed by atoms with Crippen LogP contribution in [0.25, 0.3) is 49.8 Å². The molecule has 0 radical (unpaired) electrons. The predicted octanol–water partition coefficient (Wildman–Crippen LogP) is 9.13. The van der Waals surface area contributed by atoms with Crippen LogP contribution in [0.1, 0.15) is 66.5 Å². The van der Waals surface area contributed by atoms with Crippen molar-refractivity contribution in [2.45, 2.75) is 57.4 Å². The average molecular weight is 575 g/mol. The Morgan fingerprint density at radius 3 is 2.57 bits per heavy atom. The van der Waals surface area contributed by atoms with E-state index in [-0.39, 0.29) is 17.8 Å². The number of benzene rings is 4. The van der Waals surface area contributed by atoms with E-state index in [0.717, 1.165) is 36.1 Å². The molecule has 4 heterocycles. The second kappa shape index (κ2) is 8.95. The molecule has 214 valence electrons. The number of allylic oxidation sites excluding steroid dienone is 1. The van der Waals surface area contributed by atoms with Crippen LogP contribution in [-0.4, -0.2) is 0 Å². The molecule has 2 aromatic heterocycles. The van der Waals surface area contributed by atoms with E-state index in [1.54, 1.807) is 6.07 Å². The Balaban J connectivity index is 1.34. The lowest BCUT2D eigenvalue weighted by atomic mass is 9.65. The number of pyridine rings is 2. The van der Waals surface area contributed by atoms with Gasteiger partial charge < -0.3 is 0 Å². The van der Waals surface area contributed by atoms with E-state index in [0.29, 0.717) is 0 Å². The van der Waals surface area contributed by atoms with E-state index in [2.05, 4.69) is 121 Å². The van der Waals surface area contributed by atoms with Gasteiger partial charge in [-0.15, -0.1) is 0 Å².